The Kier molecular flexibility index (Phi) is 27.6. The van der Waals surface area contributed by atoms with Crippen LogP contribution in [0, 0.1) is 0 Å². The second-order valence-electron chi connectivity index (χ2n) is 24.0. The van der Waals surface area contributed by atoms with E-state index in [1.165, 1.54) is 6.92 Å². The molecule has 0 aromatic carbocycles. The molecule has 42 nitrogen and oxygen atoms in total. The average molecular weight is 1390 g/mol. The highest BCUT2D eigenvalue weighted by Crippen LogP contribution is 2.41. The lowest BCUT2D eigenvalue weighted by atomic mass is 9.88. The normalized spacial score (nSPS) is 46.4. The van der Waals surface area contributed by atoms with Gasteiger partial charge in [0.25, 0.3) is 5.79 Å². The molecule has 0 bridgehead atoms. The lowest BCUT2D eigenvalue weighted by Gasteiger charge is -2.51. The fourth-order valence-electron chi connectivity index (χ4n) is 12.1. The molecule has 42 heteroatoms. The van der Waals surface area contributed by atoms with Crippen LogP contribution in [0.1, 0.15) is 41.0 Å². The van der Waals surface area contributed by atoms with E-state index >= 15 is 0 Å². The fourth-order valence-corrected chi connectivity index (χ4v) is 12.1. The highest BCUT2D eigenvalue weighted by Gasteiger charge is 2.62. The number of rotatable bonds is 25. The third kappa shape index (κ3) is 17.5. The maximum absolute atomic E-state index is 13.1. The van der Waals surface area contributed by atoms with Crippen molar-refractivity contribution in [2.24, 2.45) is 0 Å². The number of nitrogens with one attached hydrogen (secondary N) is 4. The van der Waals surface area contributed by atoms with Crippen molar-refractivity contribution >= 4 is 29.6 Å². The minimum absolute atomic E-state index is 0.817. The van der Waals surface area contributed by atoms with Gasteiger partial charge >= 0.3 is 5.97 Å². The molecule has 0 radical (unpaired) electrons. The second kappa shape index (κ2) is 33.5. The number of carboxylic acids is 1. The van der Waals surface area contributed by atoms with Crippen molar-refractivity contribution in [3.63, 3.8) is 0 Å². The molecule has 0 aromatic heterocycles. The molecule has 24 N–H and O–H groups in total. The highest BCUT2D eigenvalue weighted by molar-refractivity contribution is 5.77. The minimum atomic E-state index is -3.24. The van der Waals surface area contributed by atoms with Crippen molar-refractivity contribution in [2.75, 3.05) is 39.6 Å². The number of ether oxygens (including phenoxy) is 13. The third-order valence-corrected chi connectivity index (χ3v) is 17.1. The zero-order chi connectivity index (χ0) is 70.6. The molecule has 7 fully saturated rings. The number of aliphatic hydroxyl groups is 19. The summed E-state index contributed by atoms with van der Waals surface area (Å²) in [6.45, 7) is -1.31. The van der Waals surface area contributed by atoms with Gasteiger partial charge in [0.05, 0.1) is 57.9 Å². The summed E-state index contributed by atoms with van der Waals surface area (Å²) < 4.78 is 76.4. The Morgan fingerprint density at radius 1 is 0.453 bits per heavy atom. The van der Waals surface area contributed by atoms with Crippen molar-refractivity contribution < 1.29 is 188 Å². The van der Waals surface area contributed by atoms with Crippen LogP contribution in [0.3, 0.4) is 0 Å². The van der Waals surface area contributed by atoms with Crippen LogP contribution in [0.4, 0.5) is 0 Å². The molecule has 7 rings (SSSR count). The monoisotopic (exact) mass is 1390 g/mol. The van der Waals surface area contributed by atoms with Crippen molar-refractivity contribution in [2.45, 2.75) is 261 Å². The van der Waals surface area contributed by atoms with Gasteiger partial charge in [0.1, 0.15) is 159 Å². The Bertz CT molecular complexity index is 2520. The highest BCUT2D eigenvalue weighted by atomic mass is 16.8. The number of carbonyl (C=O) groups excluding carboxylic acids is 4. The maximum Gasteiger partial charge on any atom is 0.364 e. The van der Waals surface area contributed by atoms with E-state index in [0.29, 0.717) is 0 Å². The molecule has 7 aliphatic rings. The van der Waals surface area contributed by atoms with Crippen molar-refractivity contribution in [3.8, 4) is 0 Å². The van der Waals surface area contributed by atoms with Crippen LogP contribution in [0.2, 0.25) is 0 Å². The molecule has 7 aliphatic heterocycles. The minimum Gasteiger partial charge on any atom is -0.477 e. The number of aliphatic hydroxyl groups excluding tert-OH is 19. The number of carbonyl (C=O) groups is 5. The van der Waals surface area contributed by atoms with Crippen LogP contribution >= 0.6 is 0 Å². The van der Waals surface area contributed by atoms with Gasteiger partial charge in [-0.15, -0.1) is 0 Å². The molecule has 1 unspecified atom stereocenters. The molecule has 36 atom stereocenters. The van der Waals surface area contributed by atoms with Crippen molar-refractivity contribution in [1.82, 2.24) is 21.3 Å². The van der Waals surface area contributed by atoms with E-state index in [9.17, 15) is 126 Å². The van der Waals surface area contributed by atoms with Crippen molar-refractivity contribution in [3.05, 3.63) is 0 Å². The van der Waals surface area contributed by atoms with E-state index in [1.54, 1.807) is 0 Å². The molecule has 7 saturated heterocycles. The van der Waals surface area contributed by atoms with Gasteiger partial charge in [-0.05, 0) is 6.92 Å². The summed E-state index contributed by atoms with van der Waals surface area (Å²) in [5, 5.41) is 229. The van der Waals surface area contributed by atoms with Gasteiger partial charge in [0.15, 0.2) is 37.7 Å². The van der Waals surface area contributed by atoms with Gasteiger partial charge in [-0.25, -0.2) is 4.79 Å². The zero-order valence-corrected chi connectivity index (χ0v) is 51.4. The first kappa shape index (κ1) is 78.4. The van der Waals surface area contributed by atoms with Crippen molar-refractivity contribution in [1.29, 1.82) is 0 Å². The largest absolute Gasteiger partial charge is 0.477 e. The first-order valence-corrected chi connectivity index (χ1v) is 30.1. The Balaban J connectivity index is 1.15. The van der Waals surface area contributed by atoms with Gasteiger partial charge in [-0.1, -0.05) is 0 Å². The molecule has 0 aliphatic carbocycles. The molecule has 95 heavy (non-hydrogen) atoms. The summed E-state index contributed by atoms with van der Waals surface area (Å²) in [6.07, 6.45) is -64.0. The predicted molar refractivity (Wildman–Crippen MR) is 294 cm³/mol. The average Bonchev–Trinajstić information content (AvgIpc) is 0.763. The Hall–Kier alpha value is -3.93. The van der Waals surface area contributed by atoms with E-state index in [-0.39, 0.29) is 0 Å². The topological polar surface area (TPSA) is 658 Å². The van der Waals surface area contributed by atoms with E-state index in [4.69, 9.17) is 61.6 Å². The molecular formula is C53H88N4O38. The van der Waals surface area contributed by atoms with E-state index < -0.39 is 296 Å². The molecule has 0 saturated carbocycles. The number of hydrogen-bond donors (Lipinski definition) is 24. The smallest absolute Gasteiger partial charge is 0.364 e. The zero-order valence-electron chi connectivity index (χ0n) is 51.4. The number of hydrogen-bond acceptors (Lipinski definition) is 37. The molecule has 548 valence electrons. The van der Waals surface area contributed by atoms with Gasteiger partial charge < -0.3 is 185 Å². The molecule has 4 amide bonds. The van der Waals surface area contributed by atoms with Gasteiger partial charge in [-0.2, -0.15) is 0 Å². The van der Waals surface area contributed by atoms with Crippen LogP contribution in [0.15, 0.2) is 0 Å². The second-order valence-corrected chi connectivity index (χ2v) is 24.0. The lowest BCUT2D eigenvalue weighted by Crippen LogP contribution is -2.71. The fraction of sp³-hybridized carbons (Fsp3) is 0.906. The summed E-state index contributed by atoms with van der Waals surface area (Å²) in [4.78, 5) is 63.2. The van der Waals surface area contributed by atoms with Gasteiger partial charge in [0, 0.05) is 34.1 Å². The van der Waals surface area contributed by atoms with Gasteiger partial charge in [-0.3, -0.25) is 19.2 Å². The molecule has 0 aromatic rings. The number of carboxylic acid groups (broad SMARTS) is 1. The molecule has 0 spiro atoms. The first-order valence-electron chi connectivity index (χ1n) is 30.1. The van der Waals surface area contributed by atoms with Gasteiger partial charge in [0.2, 0.25) is 23.6 Å². The maximum atomic E-state index is 13.1. The Morgan fingerprint density at radius 2 is 0.916 bits per heavy atom. The van der Waals surface area contributed by atoms with Crippen LogP contribution in [0.5, 0.6) is 0 Å². The number of amides is 4. The molecule has 7 heterocycles. The summed E-state index contributed by atoms with van der Waals surface area (Å²) in [5.41, 5.74) is 0. The SMILES string of the molecule is CC(=O)N[C@H]1[C@H](OC[C@H]2OC(O)[C@H](NC(C)=O)[C@@H](O[C@@H]3O[C@H](CO)[C@H](O)[C@H](O[C@]4(C(=O)O)C[C@H](O)[C@@H](NC(C)=O)[C@H]([C@H](O)[C@H](O)CO)O4)[C@H]3O)[C@H]2O)O[C@H](CO)[C@@H](O[C@@H]2O[C@H](CO)[C@H](O)[C@H](O[C@H]3O[C@H](CO)[C@H](O)[C@H](O)[C@H]3NC(C)=O)[C@H]2O[C@@H]2O[C@@H](C)[C@@H](O)[C@@H](O)[C@@H]2O)[C@@H]1O. The van der Waals surface area contributed by atoms with Crippen LogP contribution < -0.4 is 21.3 Å². The van der Waals surface area contributed by atoms with E-state index in [0.717, 1.165) is 27.7 Å². The number of aliphatic carboxylic acids is 1. The standard InChI is InChI=1S/C53H88N4O38/c1-13-29(69)37(77)38(78)49(84-13)93-45-44(92-48-26(55-15(3)64)35(75)31(71)20(8-59)86-48)33(73)22(10-61)88-51(45)90-40-23(11-62)89-47(27(36(40)76)56-16(4)65)83-12-24-34(74)41(28(46(80)85-24)57-17(5)66)91-50-39(79)43(32(72)21(9-60)87-50)95-53(52(81)82)6-18(67)25(54-14(2)63)42(94-53)30(70)19(68)7-58/h13,18-51,58-62,67-80H,6-12H2,1-5H3,(H,54,63)(H,55,64)(H,56,65)(H,57,66)(H,81,82)/t13-,18-,19+,20+,21+,22+,23+,24+,25+,26+,27+,28+,29+,30+,31-,32-,33-,34-,35+,36+,37+,38-,39+,40+,41+,42+,43-,44-,45+,46?,47+,48+,49-,50-,51-,53-/m0/s1. The Labute approximate surface area is 538 Å². The van der Waals surface area contributed by atoms with Crippen LogP contribution in [-0.2, 0) is 85.6 Å². The van der Waals surface area contributed by atoms with E-state index in [1.807, 2.05) is 0 Å². The first-order chi connectivity index (χ1) is 44.7. The molecular weight excluding hydrogens is 1300 g/mol. The summed E-state index contributed by atoms with van der Waals surface area (Å²) in [7, 11) is 0. The summed E-state index contributed by atoms with van der Waals surface area (Å²) >= 11 is 0. The third-order valence-electron chi connectivity index (χ3n) is 17.1. The lowest BCUT2D eigenvalue weighted by molar-refractivity contribution is -0.399. The predicted octanol–water partition coefficient (Wildman–Crippen LogP) is -15.5. The Morgan fingerprint density at radius 3 is 1.47 bits per heavy atom. The summed E-state index contributed by atoms with van der Waals surface area (Å²) in [5.74, 6) is -8.82. The van der Waals surface area contributed by atoms with Crippen LogP contribution in [0.25, 0.3) is 0 Å². The summed E-state index contributed by atoms with van der Waals surface area (Å²) in [6, 6.07) is -7.10. The quantitative estimate of drug-likeness (QED) is 0.0404. The van der Waals surface area contributed by atoms with E-state index in [2.05, 4.69) is 21.3 Å². The van der Waals surface area contributed by atoms with Crippen LogP contribution in [-0.4, -0.2) is 392 Å².